The lowest BCUT2D eigenvalue weighted by atomic mass is 9.50. The molecule has 0 amide bonds. The number of rotatable bonds is 1. The Morgan fingerprint density at radius 1 is 1.45 bits per heavy atom. The summed E-state index contributed by atoms with van der Waals surface area (Å²) in [5, 5.41) is 0. The molecule has 0 heterocycles. The van der Waals surface area contributed by atoms with Crippen molar-refractivity contribution < 1.29 is 0 Å². The van der Waals surface area contributed by atoms with Gasteiger partial charge in [-0.25, -0.2) is 0 Å². The minimum absolute atomic E-state index is 0.457. The Morgan fingerprint density at radius 2 is 2.18 bits per heavy atom. The molecule has 3 fully saturated rings. The van der Waals surface area contributed by atoms with Crippen molar-refractivity contribution in [2.24, 2.45) is 34.8 Å². The summed E-state index contributed by atoms with van der Waals surface area (Å²) < 4.78 is 0. The van der Waals surface area contributed by atoms with Gasteiger partial charge in [-0.3, -0.25) is 0 Å². The van der Waals surface area contributed by atoms with Gasteiger partial charge in [0.25, 0.3) is 0 Å². The van der Waals surface area contributed by atoms with E-state index in [-0.39, 0.29) is 0 Å². The van der Waals surface area contributed by atoms with Gasteiger partial charge in [0.1, 0.15) is 0 Å². The molecule has 0 aromatic carbocycles. The van der Waals surface area contributed by atoms with E-state index in [9.17, 15) is 0 Å². The summed E-state index contributed by atoms with van der Waals surface area (Å²) >= 11 is 0. The average molecular weight is 151 g/mol. The van der Waals surface area contributed by atoms with Crippen LogP contribution in [-0.4, -0.2) is 6.04 Å². The van der Waals surface area contributed by atoms with Crippen LogP contribution in [0.25, 0.3) is 0 Å². The topological polar surface area (TPSA) is 26.0 Å². The summed E-state index contributed by atoms with van der Waals surface area (Å²) in [6.45, 7) is 4.62. The van der Waals surface area contributed by atoms with Crippen molar-refractivity contribution in [1.82, 2.24) is 0 Å². The summed E-state index contributed by atoms with van der Waals surface area (Å²) in [7, 11) is 0. The van der Waals surface area contributed by atoms with E-state index in [1.165, 1.54) is 12.8 Å². The number of hydrogen-bond donors (Lipinski definition) is 1. The molecule has 2 unspecified atom stereocenters. The van der Waals surface area contributed by atoms with Crippen LogP contribution >= 0.6 is 0 Å². The lowest BCUT2D eigenvalue weighted by molar-refractivity contribution is -0.0613. The van der Waals surface area contributed by atoms with Crippen molar-refractivity contribution in [3.05, 3.63) is 0 Å². The molecule has 1 spiro atoms. The van der Waals surface area contributed by atoms with Crippen molar-refractivity contribution in [3.63, 3.8) is 0 Å². The monoisotopic (exact) mass is 151 g/mol. The molecule has 0 aromatic rings. The van der Waals surface area contributed by atoms with Gasteiger partial charge in [-0.1, -0.05) is 6.92 Å². The molecule has 1 heteroatoms. The molecule has 1 nitrogen and oxygen atoms in total. The first-order valence-corrected chi connectivity index (χ1v) is 4.94. The Morgan fingerprint density at radius 3 is 2.45 bits per heavy atom. The molecule has 3 saturated carbocycles. The van der Waals surface area contributed by atoms with E-state index < -0.39 is 0 Å². The minimum Gasteiger partial charge on any atom is -0.328 e. The van der Waals surface area contributed by atoms with Gasteiger partial charge in [0, 0.05) is 6.04 Å². The molecule has 0 aliphatic heterocycles. The fourth-order valence-electron chi connectivity index (χ4n) is 4.38. The van der Waals surface area contributed by atoms with E-state index in [0.717, 1.165) is 29.1 Å². The normalized spacial score (nSPS) is 66.8. The zero-order chi connectivity index (χ0) is 7.80. The third kappa shape index (κ3) is 0.438. The van der Waals surface area contributed by atoms with E-state index in [1.54, 1.807) is 0 Å². The van der Waals surface area contributed by atoms with Gasteiger partial charge in [0.05, 0.1) is 0 Å². The van der Waals surface area contributed by atoms with Gasteiger partial charge in [0.15, 0.2) is 0 Å². The van der Waals surface area contributed by atoms with Crippen LogP contribution in [0.1, 0.15) is 26.7 Å². The standard InChI is InChI=1S/C10H17N/c1-5-8-3-7-4-9(6(2)11)10(5,7)8/h5-9H,3-4,11H2,1-2H3/t5?,6-,7?,8+,9-,10-/m0/s1. The van der Waals surface area contributed by atoms with Crippen molar-refractivity contribution in [2.45, 2.75) is 32.7 Å². The van der Waals surface area contributed by atoms with Gasteiger partial charge in [-0.05, 0) is 48.9 Å². The summed E-state index contributed by atoms with van der Waals surface area (Å²) in [5.41, 5.74) is 6.76. The Balaban J connectivity index is 1.85. The molecule has 2 N–H and O–H groups in total. The van der Waals surface area contributed by atoms with E-state index in [2.05, 4.69) is 13.8 Å². The third-order valence-corrected chi connectivity index (χ3v) is 4.99. The Kier molecular flexibility index (Phi) is 0.893. The second-order valence-corrected chi connectivity index (χ2v) is 5.03. The fourth-order valence-corrected chi connectivity index (χ4v) is 4.38. The number of hydrogen-bond acceptors (Lipinski definition) is 1. The predicted octanol–water partition coefficient (Wildman–Crippen LogP) is 1.63. The van der Waals surface area contributed by atoms with Crippen molar-refractivity contribution in [3.8, 4) is 0 Å². The highest BCUT2D eigenvalue weighted by Gasteiger charge is 2.81. The highest BCUT2D eigenvalue weighted by atomic mass is 14.9. The van der Waals surface area contributed by atoms with Crippen LogP contribution < -0.4 is 5.73 Å². The van der Waals surface area contributed by atoms with Gasteiger partial charge in [-0.2, -0.15) is 0 Å². The first-order chi connectivity index (χ1) is 5.19. The molecule has 11 heavy (non-hydrogen) atoms. The summed E-state index contributed by atoms with van der Waals surface area (Å²) in [4.78, 5) is 0. The molecular weight excluding hydrogens is 134 g/mol. The SMILES string of the molecule is CC1[C@H]2CC3C[C@@H]([C@H](C)N)[C@]312. The smallest absolute Gasteiger partial charge is 0.00444 e. The Labute approximate surface area is 68.3 Å². The van der Waals surface area contributed by atoms with Gasteiger partial charge < -0.3 is 5.73 Å². The van der Waals surface area contributed by atoms with Gasteiger partial charge >= 0.3 is 0 Å². The zero-order valence-corrected chi connectivity index (χ0v) is 7.38. The van der Waals surface area contributed by atoms with Crippen molar-refractivity contribution >= 4 is 0 Å². The van der Waals surface area contributed by atoms with E-state index in [4.69, 9.17) is 5.73 Å². The quantitative estimate of drug-likeness (QED) is 0.605. The highest BCUT2D eigenvalue weighted by molar-refractivity contribution is 5.29. The zero-order valence-electron chi connectivity index (χ0n) is 7.38. The Hall–Kier alpha value is -0.0400. The molecule has 0 aromatic heterocycles. The minimum atomic E-state index is 0.457. The molecule has 0 bridgehead atoms. The first-order valence-electron chi connectivity index (χ1n) is 4.94. The van der Waals surface area contributed by atoms with Crippen LogP contribution in [0, 0.1) is 29.1 Å². The van der Waals surface area contributed by atoms with Gasteiger partial charge in [-0.15, -0.1) is 0 Å². The van der Waals surface area contributed by atoms with E-state index in [1.807, 2.05) is 0 Å². The Bertz CT molecular complexity index is 197. The van der Waals surface area contributed by atoms with Crippen molar-refractivity contribution in [1.29, 1.82) is 0 Å². The molecule has 0 saturated heterocycles. The van der Waals surface area contributed by atoms with Gasteiger partial charge in [0.2, 0.25) is 0 Å². The predicted molar refractivity (Wildman–Crippen MR) is 45.0 cm³/mol. The summed E-state index contributed by atoms with van der Waals surface area (Å²) in [5.74, 6) is 4.11. The first kappa shape index (κ1) is 6.47. The maximum Gasteiger partial charge on any atom is 0.00444 e. The maximum atomic E-state index is 5.96. The maximum absolute atomic E-state index is 5.96. The molecule has 62 valence electrons. The highest BCUT2D eigenvalue weighted by Crippen LogP contribution is 2.86. The van der Waals surface area contributed by atoms with Crippen LogP contribution in [0.3, 0.4) is 0 Å². The number of nitrogens with two attached hydrogens (primary N) is 1. The average Bonchev–Trinajstić information content (AvgIpc) is 2.46. The molecule has 0 radical (unpaired) electrons. The molecule has 6 atom stereocenters. The fraction of sp³-hybridized carbons (Fsp3) is 1.00. The molecule has 3 aliphatic carbocycles. The lowest BCUT2D eigenvalue weighted by Crippen LogP contribution is -2.54. The second kappa shape index (κ2) is 1.52. The van der Waals surface area contributed by atoms with Crippen LogP contribution in [0.5, 0.6) is 0 Å². The summed E-state index contributed by atoms with van der Waals surface area (Å²) in [6.07, 6.45) is 2.98. The third-order valence-electron chi connectivity index (χ3n) is 4.99. The van der Waals surface area contributed by atoms with Crippen LogP contribution in [0.2, 0.25) is 0 Å². The van der Waals surface area contributed by atoms with Crippen LogP contribution in [0.15, 0.2) is 0 Å². The largest absolute Gasteiger partial charge is 0.328 e. The van der Waals surface area contributed by atoms with Crippen LogP contribution in [0.4, 0.5) is 0 Å². The lowest BCUT2D eigenvalue weighted by Gasteiger charge is -2.55. The molecular formula is C10H17N. The second-order valence-electron chi connectivity index (χ2n) is 5.03. The molecule has 3 aliphatic rings. The van der Waals surface area contributed by atoms with Crippen molar-refractivity contribution in [2.75, 3.05) is 0 Å². The molecule has 3 rings (SSSR count). The van der Waals surface area contributed by atoms with Crippen LogP contribution in [-0.2, 0) is 0 Å². The van der Waals surface area contributed by atoms with E-state index >= 15 is 0 Å². The summed E-state index contributed by atoms with van der Waals surface area (Å²) in [6, 6.07) is 0.457. The van der Waals surface area contributed by atoms with E-state index in [0.29, 0.717) is 6.04 Å².